The summed E-state index contributed by atoms with van der Waals surface area (Å²) >= 11 is 0. The van der Waals surface area contributed by atoms with Crippen LogP contribution in [-0.2, 0) is 0 Å². The van der Waals surface area contributed by atoms with E-state index in [1.165, 1.54) is 12.8 Å². The fraction of sp³-hybridized carbons (Fsp3) is 0.500. The van der Waals surface area contributed by atoms with Gasteiger partial charge in [0.2, 0.25) is 0 Å². The van der Waals surface area contributed by atoms with E-state index in [0.29, 0.717) is 12.0 Å². The molecular weight excluding hydrogens is 212 g/mol. The Labute approximate surface area is 103 Å². The van der Waals surface area contributed by atoms with Gasteiger partial charge in [-0.25, -0.2) is 0 Å². The molecule has 1 aliphatic carbocycles. The van der Waals surface area contributed by atoms with Crippen LogP contribution in [0.4, 0.5) is 5.69 Å². The molecule has 0 aromatic heterocycles. The second kappa shape index (κ2) is 4.78. The second-order valence-electron chi connectivity index (χ2n) is 4.88. The van der Waals surface area contributed by atoms with Crippen molar-refractivity contribution in [2.45, 2.75) is 32.7 Å². The number of carbonyl (C=O) groups excluding carboxylic acids is 1. The van der Waals surface area contributed by atoms with Crippen LogP contribution in [0.1, 0.15) is 35.7 Å². The van der Waals surface area contributed by atoms with E-state index in [2.05, 4.69) is 17.6 Å². The Hall–Kier alpha value is -1.51. The average Bonchev–Trinajstić information content (AvgIpc) is 3.12. The average molecular weight is 232 g/mol. The number of anilines is 1. The highest BCUT2D eigenvalue weighted by Crippen LogP contribution is 2.32. The summed E-state index contributed by atoms with van der Waals surface area (Å²) in [4.78, 5) is 12.0. The molecule has 1 amide bonds. The van der Waals surface area contributed by atoms with Gasteiger partial charge in [0, 0.05) is 24.3 Å². The van der Waals surface area contributed by atoms with Crippen LogP contribution < -0.4 is 10.6 Å². The van der Waals surface area contributed by atoms with Crippen LogP contribution in [0.2, 0.25) is 0 Å². The topological polar surface area (TPSA) is 41.1 Å². The van der Waals surface area contributed by atoms with E-state index in [1.807, 2.05) is 32.2 Å². The van der Waals surface area contributed by atoms with Gasteiger partial charge in [-0.3, -0.25) is 4.79 Å². The van der Waals surface area contributed by atoms with Crippen LogP contribution in [0.25, 0.3) is 0 Å². The van der Waals surface area contributed by atoms with Crippen molar-refractivity contribution in [3.05, 3.63) is 29.3 Å². The van der Waals surface area contributed by atoms with Crippen molar-refractivity contribution in [3.63, 3.8) is 0 Å². The van der Waals surface area contributed by atoms with Gasteiger partial charge in [0.25, 0.3) is 5.91 Å². The first-order valence-corrected chi connectivity index (χ1v) is 6.21. The normalized spacial score (nSPS) is 16.4. The molecule has 1 fully saturated rings. The number of rotatable bonds is 4. The van der Waals surface area contributed by atoms with Crippen LogP contribution in [0.5, 0.6) is 0 Å². The Morgan fingerprint density at radius 2 is 2.12 bits per heavy atom. The van der Waals surface area contributed by atoms with Crippen LogP contribution in [-0.4, -0.2) is 19.0 Å². The lowest BCUT2D eigenvalue weighted by Crippen LogP contribution is -2.34. The number of amides is 1. The molecule has 1 aromatic carbocycles. The van der Waals surface area contributed by atoms with Gasteiger partial charge in [-0.05, 0) is 56.4 Å². The summed E-state index contributed by atoms with van der Waals surface area (Å²) in [5.74, 6) is 0.729. The lowest BCUT2D eigenvalue weighted by molar-refractivity contribution is 0.0936. The zero-order valence-electron chi connectivity index (χ0n) is 10.7. The van der Waals surface area contributed by atoms with Gasteiger partial charge in [-0.15, -0.1) is 0 Å². The van der Waals surface area contributed by atoms with Gasteiger partial charge in [-0.2, -0.15) is 0 Å². The van der Waals surface area contributed by atoms with Crippen molar-refractivity contribution in [2.24, 2.45) is 5.92 Å². The first-order valence-electron chi connectivity index (χ1n) is 6.21. The third-order valence-corrected chi connectivity index (χ3v) is 3.45. The lowest BCUT2D eigenvalue weighted by atomic mass is 10.1. The number of hydrogen-bond donors (Lipinski definition) is 2. The van der Waals surface area contributed by atoms with Crippen LogP contribution in [0.15, 0.2) is 18.2 Å². The summed E-state index contributed by atoms with van der Waals surface area (Å²) in [6.45, 7) is 4.09. The molecule has 0 spiro atoms. The molecule has 1 saturated carbocycles. The summed E-state index contributed by atoms with van der Waals surface area (Å²) in [6.07, 6.45) is 2.50. The molecule has 2 rings (SSSR count). The molecule has 1 unspecified atom stereocenters. The van der Waals surface area contributed by atoms with Crippen molar-refractivity contribution in [3.8, 4) is 0 Å². The molecule has 1 aromatic rings. The predicted octanol–water partition coefficient (Wildman–Crippen LogP) is 2.57. The van der Waals surface area contributed by atoms with Gasteiger partial charge in [0.1, 0.15) is 0 Å². The summed E-state index contributed by atoms with van der Waals surface area (Å²) < 4.78 is 0. The molecule has 3 heteroatoms. The van der Waals surface area contributed by atoms with Crippen LogP contribution in [0, 0.1) is 12.8 Å². The number of aryl methyl sites for hydroxylation is 1. The van der Waals surface area contributed by atoms with E-state index in [-0.39, 0.29) is 5.91 Å². The Morgan fingerprint density at radius 3 is 2.65 bits per heavy atom. The van der Waals surface area contributed by atoms with Crippen molar-refractivity contribution in [2.75, 3.05) is 12.4 Å². The minimum absolute atomic E-state index is 0.0372. The van der Waals surface area contributed by atoms with Crippen LogP contribution in [0.3, 0.4) is 0 Å². The maximum atomic E-state index is 12.0. The van der Waals surface area contributed by atoms with Gasteiger partial charge >= 0.3 is 0 Å². The summed E-state index contributed by atoms with van der Waals surface area (Å²) in [5.41, 5.74) is 2.91. The summed E-state index contributed by atoms with van der Waals surface area (Å²) in [6, 6.07) is 6.05. The van der Waals surface area contributed by atoms with E-state index >= 15 is 0 Å². The van der Waals surface area contributed by atoms with Gasteiger partial charge < -0.3 is 10.6 Å². The Kier molecular flexibility index (Phi) is 3.36. The first-order chi connectivity index (χ1) is 8.11. The highest BCUT2D eigenvalue weighted by molar-refractivity contribution is 5.95. The number of benzene rings is 1. The van der Waals surface area contributed by atoms with E-state index in [0.717, 1.165) is 16.8 Å². The zero-order valence-corrected chi connectivity index (χ0v) is 10.7. The Morgan fingerprint density at radius 1 is 1.41 bits per heavy atom. The van der Waals surface area contributed by atoms with E-state index in [9.17, 15) is 4.79 Å². The van der Waals surface area contributed by atoms with Gasteiger partial charge in [-0.1, -0.05) is 0 Å². The summed E-state index contributed by atoms with van der Waals surface area (Å²) in [5, 5.41) is 6.16. The maximum absolute atomic E-state index is 12.0. The fourth-order valence-corrected chi connectivity index (χ4v) is 2.09. The molecule has 1 atom stereocenters. The van der Waals surface area contributed by atoms with Crippen molar-refractivity contribution in [1.82, 2.24) is 5.32 Å². The van der Waals surface area contributed by atoms with E-state index in [1.54, 1.807) is 0 Å². The highest BCUT2D eigenvalue weighted by Gasteiger charge is 2.29. The van der Waals surface area contributed by atoms with Crippen molar-refractivity contribution in [1.29, 1.82) is 0 Å². The van der Waals surface area contributed by atoms with Gasteiger partial charge in [0.15, 0.2) is 0 Å². The maximum Gasteiger partial charge on any atom is 0.251 e. The first kappa shape index (κ1) is 12.0. The predicted molar refractivity (Wildman–Crippen MR) is 70.4 cm³/mol. The fourth-order valence-electron chi connectivity index (χ4n) is 2.09. The quantitative estimate of drug-likeness (QED) is 0.837. The molecule has 0 aliphatic heterocycles. The molecule has 0 bridgehead atoms. The van der Waals surface area contributed by atoms with E-state index < -0.39 is 0 Å². The molecule has 3 nitrogen and oxygen atoms in total. The summed E-state index contributed by atoms with van der Waals surface area (Å²) in [7, 11) is 1.89. The number of nitrogens with one attached hydrogen (secondary N) is 2. The largest absolute Gasteiger partial charge is 0.388 e. The smallest absolute Gasteiger partial charge is 0.251 e. The van der Waals surface area contributed by atoms with E-state index in [4.69, 9.17) is 0 Å². The second-order valence-corrected chi connectivity index (χ2v) is 4.88. The molecule has 2 N–H and O–H groups in total. The Bertz CT molecular complexity index is 424. The number of carbonyl (C=O) groups is 1. The molecule has 1 aliphatic rings. The van der Waals surface area contributed by atoms with Gasteiger partial charge in [0.05, 0.1) is 0 Å². The molecule has 0 heterocycles. The van der Waals surface area contributed by atoms with Crippen molar-refractivity contribution < 1.29 is 4.79 Å². The highest BCUT2D eigenvalue weighted by atomic mass is 16.1. The monoisotopic (exact) mass is 232 g/mol. The zero-order chi connectivity index (χ0) is 12.4. The third kappa shape index (κ3) is 2.78. The lowest BCUT2D eigenvalue weighted by Gasteiger charge is -2.13. The third-order valence-electron chi connectivity index (χ3n) is 3.45. The molecule has 17 heavy (non-hydrogen) atoms. The standard InChI is InChI=1S/C14H20N2O/c1-9-8-12(6-7-13(9)15-3)14(17)16-10(2)11-4-5-11/h6-8,10-11,15H,4-5H2,1-3H3,(H,16,17). The minimum Gasteiger partial charge on any atom is -0.388 e. The molecule has 92 valence electrons. The van der Waals surface area contributed by atoms with Crippen LogP contribution >= 0.6 is 0 Å². The molecule has 0 radical (unpaired) electrons. The SMILES string of the molecule is CNc1ccc(C(=O)NC(C)C2CC2)cc1C. The molecular formula is C14H20N2O. The molecule has 0 saturated heterocycles. The minimum atomic E-state index is 0.0372. The van der Waals surface area contributed by atoms with Crippen molar-refractivity contribution >= 4 is 11.6 Å². The number of hydrogen-bond acceptors (Lipinski definition) is 2. The Balaban J connectivity index is 2.05.